The fourth-order valence-corrected chi connectivity index (χ4v) is 3.04. The maximum atomic E-state index is 12.1. The van der Waals surface area contributed by atoms with Crippen LogP contribution in [0.3, 0.4) is 0 Å². The van der Waals surface area contributed by atoms with Crippen molar-refractivity contribution in [2.45, 2.75) is 25.3 Å². The fraction of sp³-hybridized carbons (Fsp3) is 0.200. The predicted molar refractivity (Wildman–Crippen MR) is 84.4 cm³/mol. The Morgan fingerprint density at radius 3 is 2.24 bits per heavy atom. The van der Waals surface area contributed by atoms with Gasteiger partial charge < -0.3 is 0 Å². The molecule has 0 N–H and O–H groups in total. The van der Waals surface area contributed by atoms with E-state index in [0.717, 1.165) is 5.56 Å². The van der Waals surface area contributed by atoms with E-state index in [1.165, 1.54) is 12.1 Å². The van der Waals surface area contributed by atoms with Gasteiger partial charge in [0.1, 0.15) is 0 Å². The molecule has 21 heavy (non-hydrogen) atoms. The minimum absolute atomic E-state index is 0.0844. The molecule has 0 aliphatic heterocycles. The highest BCUT2D eigenvalue weighted by Crippen LogP contribution is 2.28. The summed E-state index contributed by atoms with van der Waals surface area (Å²) in [7, 11) is -3.79. The molecule has 0 saturated carbocycles. The van der Waals surface area contributed by atoms with E-state index in [9.17, 15) is 8.42 Å². The molecule has 0 atom stereocenters. The quantitative estimate of drug-likeness (QED) is 0.766. The van der Waals surface area contributed by atoms with Crippen molar-refractivity contribution >= 4 is 33.3 Å². The number of benzene rings is 2. The number of hydrogen-bond acceptors (Lipinski definition) is 3. The Morgan fingerprint density at radius 2 is 1.62 bits per heavy atom. The first-order chi connectivity index (χ1) is 9.81. The van der Waals surface area contributed by atoms with E-state index in [4.69, 9.17) is 27.4 Å². The summed E-state index contributed by atoms with van der Waals surface area (Å²) in [5.74, 6) is 0. The molecule has 3 nitrogen and oxygen atoms in total. The van der Waals surface area contributed by atoms with Crippen LogP contribution in [-0.4, -0.2) is 8.42 Å². The molecule has 0 radical (unpaired) electrons. The van der Waals surface area contributed by atoms with Gasteiger partial charge in [0, 0.05) is 0 Å². The Bertz CT molecular complexity index is 753. The second-order valence-corrected chi connectivity index (χ2v) is 7.08. The van der Waals surface area contributed by atoms with Crippen LogP contribution in [0, 0.1) is 13.8 Å². The van der Waals surface area contributed by atoms with Crippen LogP contribution in [0.2, 0.25) is 10.0 Å². The molecule has 0 aliphatic rings. The Hall–Kier alpha value is -1.07. The van der Waals surface area contributed by atoms with Gasteiger partial charge in [-0.05, 0) is 43.2 Å². The first-order valence-electron chi connectivity index (χ1n) is 6.21. The lowest BCUT2D eigenvalue weighted by atomic mass is 10.1. The smallest absolute Gasteiger partial charge is 0.262 e. The van der Waals surface area contributed by atoms with E-state index in [1.807, 2.05) is 6.92 Å². The Labute approximate surface area is 134 Å². The maximum Gasteiger partial charge on any atom is 0.297 e. The highest BCUT2D eigenvalue weighted by atomic mass is 35.5. The predicted octanol–water partition coefficient (Wildman–Crippen LogP) is 4.52. The fourth-order valence-electron chi connectivity index (χ4n) is 1.76. The molecule has 0 spiro atoms. The minimum Gasteiger partial charge on any atom is -0.262 e. The summed E-state index contributed by atoms with van der Waals surface area (Å²) in [5.41, 5.74) is 2.37. The molecule has 2 aromatic rings. The van der Waals surface area contributed by atoms with Crippen LogP contribution < -0.4 is 0 Å². The Morgan fingerprint density at radius 1 is 1.00 bits per heavy atom. The molecule has 0 aromatic heterocycles. The first kappa shape index (κ1) is 16.3. The monoisotopic (exact) mass is 344 g/mol. The van der Waals surface area contributed by atoms with Gasteiger partial charge in [-0.3, -0.25) is 4.18 Å². The van der Waals surface area contributed by atoms with E-state index in [2.05, 4.69) is 0 Å². The van der Waals surface area contributed by atoms with E-state index >= 15 is 0 Å². The SMILES string of the molecule is Cc1ccc(S(=O)(=O)OCc2ccc(Cl)c(Cl)c2C)cc1. The molecule has 112 valence electrons. The van der Waals surface area contributed by atoms with Gasteiger partial charge in [0.05, 0.1) is 21.5 Å². The Kier molecular flexibility index (Phi) is 4.94. The highest BCUT2D eigenvalue weighted by Gasteiger charge is 2.16. The third-order valence-corrected chi connectivity index (χ3v) is 5.31. The number of hydrogen-bond donors (Lipinski definition) is 0. The Balaban J connectivity index is 2.19. The molecular weight excluding hydrogens is 331 g/mol. The summed E-state index contributed by atoms with van der Waals surface area (Å²) in [4.78, 5) is 0.130. The summed E-state index contributed by atoms with van der Waals surface area (Å²) in [6.07, 6.45) is 0. The van der Waals surface area contributed by atoms with Gasteiger partial charge in [-0.15, -0.1) is 0 Å². The van der Waals surface area contributed by atoms with Gasteiger partial charge in [0.2, 0.25) is 0 Å². The van der Waals surface area contributed by atoms with Crippen molar-refractivity contribution in [3.8, 4) is 0 Å². The van der Waals surface area contributed by atoms with Gasteiger partial charge >= 0.3 is 0 Å². The van der Waals surface area contributed by atoms with Crippen LogP contribution in [0.5, 0.6) is 0 Å². The molecular formula is C15H14Cl2O3S. The molecule has 0 saturated heterocycles. The summed E-state index contributed by atoms with van der Waals surface area (Å²) in [6.45, 7) is 3.57. The van der Waals surface area contributed by atoms with E-state index in [-0.39, 0.29) is 11.5 Å². The van der Waals surface area contributed by atoms with E-state index < -0.39 is 10.1 Å². The first-order valence-corrected chi connectivity index (χ1v) is 8.37. The normalized spacial score (nSPS) is 11.6. The van der Waals surface area contributed by atoms with Crippen molar-refractivity contribution < 1.29 is 12.6 Å². The van der Waals surface area contributed by atoms with Crippen molar-refractivity contribution in [1.29, 1.82) is 0 Å². The van der Waals surface area contributed by atoms with Crippen molar-refractivity contribution in [3.63, 3.8) is 0 Å². The minimum atomic E-state index is -3.79. The number of rotatable bonds is 4. The molecule has 0 amide bonds. The van der Waals surface area contributed by atoms with Crippen LogP contribution in [0.15, 0.2) is 41.3 Å². The molecule has 0 unspecified atom stereocenters. The molecule has 6 heteroatoms. The number of aryl methyl sites for hydroxylation is 1. The zero-order valence-corrected chi connectivity index (χ0v) is 13.9. The van der Waals surface area contributed by atoms with Crippen LogP contribution >= 0.6 is 23.2 Å². The number of halogens is 2. The molecule has 2 rings (SSSR count). The lowest BCUT2D eigenvalue weighted by molar-refractivity contribution is 0.307. The molecule has 0 heterocycles. The van der Waals surface area contributed by atoms with Crippen molar-refractivity contribution in [3.05, 3.63) is 63.1 Å². The summed E-state index contributed by atoms with van der Waals surface area (Å²) < 4.78 is 29.3. The third-order valence-electron chi connectivity index (χ3n) is 3.13. The second kappa shape index (κ2) is 6.36. The molecule has 0 fully saturated rings. The van der Waals surface area contributed by atoms with Crippen molar-refractivity contribution in [1.82, 2.24) is 0 Å². The van der Waals surface area contributed by atoms with E-state index in [0.29, 0.717) is 21.2 Å². The second-order valence-electron chi connectivity index (χ2n) is 4.67. The topological polar surface area (TPSA) is 43.4 Å². The zero-order valence-electron chi connectivity index (χ0n) is 11.6. The molecule has 2 aromatic carbocycles. The summed E-state index contributed by atoms with van der Waals surface area (Å²) >= 11 is 11.9. The van der Waals surface area contributed by atoms with Crippen LogP contribution in [0.1, 0.15) is 16.7 Å². The largest absolute Gasteiger partial charge is 0.297 e. The van der Waals surface area contributed by atoms with Gasteiger partial charge in [-0.2, -0.15) is 8.42 Å². The van der Waals surface area contributed by atoms with Gasteiger partial charge in [-0.1, -0.05) is 47.0 Å². The lowest BCUT2D eigenvalue weighted by Crippen LogP contribution is -2.07. The molecule has 0 bridgehead atoms. The van der Waals surface area contributed by atoms with E-state index in [1.54, 1.807) is 31.2 Å². The van der Waals surface area contributed by atoms with Crippen molar-refractivity contribution in [2.24, 2.45) is 0 Å². The maximum absolute atomic E-state index is 12.1. The zero-order chi connectivity index (χ0) is 15.6. The third kappa shape index (κ3) is 3.77. The van der Waals surface area contributed by atoms with Gasteiger partial charge in [0.15, 0.2) is 0 Å². The summed E-state index contributed by atoms with van der Waals surface area (Å²) in [5, 5.41) is 0.838. The van der Waals surface area contributed by atoms with Crippen molar-refractivity contribution in [2.75, 3.05) is 0 Å². The molecule has 0 aliphatic carbocycles. The van der Waals surface area contributed by atoms with Crippen LogP contribution in [0.4, 0.5) is 0 Å². The average molecular weight is 345 g/mol. The standard InChI is InChI=1S/C15H14Cl2O3S/c1-10-3-6-13(7-4-10)21(18,19)20-9-12-5-8-14(16)15(17)11(12)2/h3-8H,9H2,1-2H3. The van der Waals surface area contributed by atoms with Crippen LogP contribution in [-0.2, 0) is 20.9 Å². The van der Waals surface area contributed by atoms with Gasteiger partial charge in [0.25, 0.3) is 10.1 Å². The van der Waals surface area contributed by atoms with Gasteiger partial charge in [-0.25, -0.2) is 0 Å². The highest BCUT2D eigenvalue weighted by molar-refractivity contribution is 7.86. The average Bonchev–Trinajstić information content (AvgIpc) is 2.44. The van der Waals surface area contributed by atoms with Crippen LogP contribution in [0.25, 0.3) is 0 Å². The summed E-state index contributed by atoms with van der Waals surface area (Å²) in [6, 6.07) is 9.81. The lowest BCUT2D eigenvalue weighted by Gasteiger charge is -2.10.